The van der Waals surface area contributed by atoms with Crippen LogP contribution >= 0.6 is 0 Å². The Morgan fingerprint density at radius 1 is 1.12 bits per heavy atom. The maximum Gasteiger partial charge on any atom is 0.274 e. The van der Waals surface area contributed by atoms with Crippen LogP contribution < -0.4 is 21.3 Å². The molecule has 4 amide bonds. The van der Waals surface area contributed by atoms with Crippen molar-refractivity contribution in [3.05, 3.63) is 65.1 Å². The van der Waals surface area contributed by atoms with Gasteiger partial charge in [-0.3, -0.25) is 19.2 Å². The highest BCUT2D eigenvalue weighted by Gasteiger charge is 2.27. The van der Waals surface area contributed by atoms with Gasteiger partial charge in [0.1, 0.15) is 23.4 Å². The quantitative estimate of drug-likeness (QED) is 0.140. The van der Waals surface area contributed by atoms with Crippen molar-refractivity contribution < 1.29 is 28.8 Å². The maximum atomic E-state index is 12.2. The number of nitrogens with zero attached hydrogens (tertiary/aromatic N) is 2. The number of aliphatic hydroxyl groups is 1. The number of aryl methyl sites for hydroxylation is 1. The molecule has 0 aliphatic carbocycles. The van der Waals surface area contributed by atoms with Gasteiger partial charge in [0.2, 0.25) is 11.8 Å². The topological polar surface area (TPSA) is 186 Å². The van der Waals surface area contributed by atoms with Crippen molar-refractivity contribution >= 4 is 23.6 Å². The van der Waals surface area contributed by atoms with Gasteiger partial charge in [-0.05, 0) is 32.3 Å². The van der Waals surface area contributed by atoms with E-state index in [1.54, 1.807) is 13.0 Å². The van der Waals surface area contributed by atoms with Crippen molar-refractivity contribution in [3.63, 3.8) is 0 Å². The van der Waals surface area contributed by atoms with Gasteiger partial charge in [-0.1, -0.05) is 61.8 Å². The van der Waals surface area contributed by atoms with E-state index in [1.807, 2.05) is 43.3 Å². The average Bonchev–Trinajstić information content (AvgIpc) is 3.39. The van der Waals surface area contributed by atoms with E-state index in [9.17, 15) is 24.3 Å². The lowest BCUT2D eigenvalue weighted by Crippen LogP contribution is -2.53. The minimum Gasteiger partial charge on any atom is -0.391 e. The summed E-state index contributed by atoms with van der Waals surface area (Å²) in [5.41, 5.74) is 1.14. The Bertz CT molecular complexity index is 1170. The molecule has 2 unspecified atom stereocenters. The van der Waals surface area contributed by atoms with Gasteiger partial charge in [-0.2, -0.15) is 5.26 Å². The third-order valence-electron chi connectivity index (χ3n) is 5.26. The van der Waals surface area contributed by atoms with E-state index in [0.29, 0.717) is 25.3 Å². The summed E-state index contributed by atoms with van der Waals surface area (Å²) in [4.78, 5) is 47.4. The lowest BCUT2D eigenvalue weighted by Gasteiger charge is -2.20. The van der Waals surface area contributed by atoms with E-state index in [-0.39, 0.29) is 23.7 Å². The summed E-state index contributed by atoms with van der Waals surface area (Å²) < 4.78 is 4.80. The van der Waals surface area contributed by atoms with Gasteiger partial charge < -0.3 is 30.9 Å². The lowest BCUT2D eigenvalue weighted by molar-refractivity contribution is -0.128. The van der Waals surface area contributed by atoms with Crippen LogP contribution in [0.5, 0.6) is 0 Å². The van der Waals surface area contributed by atoms with E-state index >= 15 is 0 Å². The zero-order valence-corrected chi connectivity index (χ0v) is 23.3. The number of benzene rings is 1. The van der Waals surface area contributed by atoms with Gasteiger partial charge in [0, 0.05) is 19.2 Å². The predicted octanol–water partition coefficient (Wildman–Crippen LogP) is 1.66. The number of hydrogen-bond donors (Lipinski definition) is 5. The Kier molecular flexibility index (Phi) is 15.7. The first kappa shape index (κ1) is 33.5. The Labute approximate surface area is 234 Å². The summed E-state index contributed by atoms with van der Waals surface area (Å²) in [6.45, 7) is 7.63. The number of aromatic nitrogens is 1. The molecular weight excluding hydrogens is 516 g/mol. The van der Waals surface area contributed by atoms with E-state index in [4.69, 9.17) is 9.78 Å². The van der Waals surface area contributed by atoms with Crippen molar-refractivity contribution in [2.75, 3.05) is 13.1 Å². The van der Waals surface area contributed by atoms with E-state index in [2.05, 4.69) is 33.3 Å². The fourth-order valence-corrected chi connectivity index (χ4v) is 3.10. The molecule has 2 rings (SSSR count). The molecule has 0 spiro atoms. The largest absolute Gasteiger partial charge is 0.391 e. The number of allylic oxidation sites excluding steroid dienone is 1. The van der Waals surface area contributed by atoms with Crippen LogP contribution in [0.4, 0.5) is 0 Å². The monoisotopic (exact) mass is 554 g/mol. The summed E-state index contributed by atoms with van der Waals surface area (Å²) in [6, 6.07) is 11.4. The van der Waals surface area contributed by atoms with E-state index in [1.165, 1.54) is 13.0 Å². The van der Waals surface area contributed by atoms with Gasteiger partial charge >= 0.3 is 0 Å². The van der Waals surface area contributed by atoms with Crippen LogP contribution in [0.15, 0.2) is 52.6 Å². The molecule has 1 heterocycles. The van der Waals surface area contributed by atoms with Crippen LogP contribution in [0.25, 0.3) is 0 Å². The lowest BCUT2D eigenvalue weighted by atomic mass is 10.1. The standard InChI is InChI=1S/C18H22N4O5.C10H16N2O/c1-11-8-14(22-27-11)17(25)21-16(12(2)23)18(26)20-10-15(24)19-9-13-6-4-3-5-7-13;1-3-5-7-12-10(13)9(8-11)6-4-2/h3-8,12,16,23H,9-10H2,1-2H3,(H,19,24)(H,20,26)(H,21,25);6H,3-5,7H2,1-2H3,(H,12,13)/b;9-6+. The Hall–Kier alpha value is -4.50. The summed E-state index contributed by atoms with van der Waals surface area (Å²) in [5, 5.41) is 32.1. The molecule has 1 aromatic carbocycles. The minimum absolute atomic E-state index is 0.00782. The molecule has 0 saturated carbocycles. The molecule has 0 saturated heterocycles. The normalized spacial score (nSPS) is 12.1. The fraction of sp³-hybridized carbons (Fsp3) is 0.429. The molecular formula is C28H38N6O6. The van der Waals surface area contributed by atoms with E-state index in [0.717, 1.165) is 18.4 Å². The third kappa shape index (κ3) is 12.8. The second kappa shape index (κ2) is 18.7. The highest BCUT2D eigenvalue weighted by Crippen LogP contribution is 2.03. The number of hydrogen-bond acceptors (Lipinski definition) is 8. The fourth-order valence-electron chi connectivity index (χ4n) is 3.10. The number of nitriles is 1. The number of aliphatic hydroxyl groups excluding tert-OH is 1. The molecule has 0 bridgehead atoms. The molecule has 12 nitrogen and oxygen atoms in total. The van der Waals surface area contributed by atoms with Crippen LogP contribution in [0, 0.1) is 18.3 Å². The molecule has 0 fully saturated rings. The van der Waals surface area contributed by atoms with Crippen molar-refractivity contribution in [1.29, 1.82) is 5.26 Å². The Balaban J connectivity index is 0.000000520. The van der Waals surface area contributed by atoms with Gasteiger partial charge in [0.05, 0.1) is 12.6 Å². The molecule has 0 aliphatic heterocycles. The van der Waals surface area contributed by atoms with Gasteiger partial charge in [0.15, 0.2) is 5.69 Å². The van der Waals surface area contributed by atoms with Crippen molar-refractivity contribution in [2.45, 2.75) is 65.6 Å². The predicted molar refractivity (Wildman–Crippen MR) is 147 cm³/mol. The Morgan fingerprint density at radius 2 is 1.82 bits per heavy atom. The molecule has 0 aliphatic rings. The second-order valence-corrected chi connectivity index (χ2v) is 8.74. The van der Waals surface area contributed by atoms with Crippen LogP contribution in [0.1, 0.15) is 61.8 Å². The highest BCUT2D eigenvalue weighted by molar-refractivity contribution is 5.97. The van der Waals surface area contributed by atoms with Crippen LogP contribution in [-0.4, -0.2) is 59.1 Å². The van der Waals surface area contributed by atoms with Crippen molar-refractivity contribution in [1.82, 2.24) is 26.4 Å². The molecule has 0 radical (unpaired) electrons. The SMILES string of the molecule is CC/C=C(\C#N)C(=O)NCCCC.Cc1cc(C(=O)NC(C(=O)NCC(=O)NCc2ccccc2)C(C)O)no1. The van der Waals surface area contributed by atoms with Crippen molar-refractivity contribution in [3.8, 4) is 6.07 Å². The number of carbonyl (C=O) groups is 4. The number of carbonyl (C=O) groups excluding carboxylic acids is 4. The third-order valence-corrected chi connectivity index (χ3v) is 5.26. The first-order valence-electron chi connectivity index (χ1n) is 13.0. The minimum atomic E-state index is -1.24. The summed E-state index contributed by atoms with van der Waals surface area (Å²) in [6.07, 6.45) is 3.18. The second-order valence-electron chi connectivity index (χ2n) is 8.74. The summed E-state index contributed by atoms with van der Waals surface area (Å²) >= 11 is 0. The zero-order chi connectivity index (χ0) is 29.9. The van der Waals surface area contributed by atoms with E-state index < -0.39 is 29.9 Å². The molecule has 2 atom stereocenters. The molecule has 216 valence electrons. The van der Waals surface area contributed by atoms with Crippen LogP contribution in [0.3, 0.4) is 0 Å². The zero-order valence-electron chi connectivity index (χ0n) is 23.3. The van der Waals surface area contributed by atoms with Crippen LogP contribution in [-0.2, 0) is 20.9 Å². The van der Waals surface area contributed by atoms with Crippen LogP contribution in [0.2, 0.25) is 0 Å². The Morgan fingerprint density at radius 3 is 2.38 bits per heavy atom. The molecule has 1 aromatic heterocycles. The number of unbranched alkanes of at least 4 members (excludes halogenated alkanes) is 1. The highest BCUT2D eigenvalue weighted by atomic mass is 16.5. The smallest absolute Gasteiger partial charge is 0.274 e. The number of rotatable bonds is 13. The first-order valence-corrected chi connectivity index (χ1v) is 13.0. The first-order chi connectivity index (χ1) is 19.1. The maximum absolute atomic E-state index is 12.2. The number of amides is 4. The molecule has 5 N–H and O–H groups in total. The average molecular weight is 555 g/mol. The summed E-state index contributed by atoms with van der Waals surface area (Å²) in [5.74, 6) is -1.56. The van der Waals surface area contributed by atoms with Gasteiger partial charge in [0.25, 0.3) is 11.8 Å². The van der Waals surface area contributed by atoms with Gasteiger partial charge in [-0.25, -0.2) is 0 Å². The van der Waals surface area contributed by atoms with Crippen molar-refractivity contribution in [2.24, 2.45) is 0 Å². The summed E-state index contributed by atoms with van der Waals surface area (Å²) in [7, 11) is 0. The molecule has 40 heavy (non-hydrogen) atoms. The number of nitrogens with one attached hydrogen (secondary N) is 4. The molecule has 2 aromatic rings. The van der Waals surface area contributed by atoms with Gasteiger partial charge in [-0.15, -0.1) is 0 Å². The molecule has 12 heteroatoms.